The number of esters is 1. The third-order valence-corrected chi connectivity index (χ3v) is 7.73. The van der Waals surface area contributed by atoms with Crippen molar-refractivity contribution in [3.05, 3.63) is 42.0 Å². The van der Waals surface area contributed by atoms with Crippen molar-refractivity contribution in [1.82, 2.24) is 4.90 Å². The van der Waals surface area contributed by atoms with E-state index in [0.29, 0.717) is 29.6 Å². The van der Waals surface area contributed by atoms with Crippen molar-refractivity contribution in [3.63, 3.8) is 0 Å². The molecule has 2 amide bonds. The maximum Gasteiger partial charge on any atom is 0.329 e. The van der Waals surface area contributed by atoms with E-state index in [1.165, 1.54) is 12.0 Å². The molecule has 0 spiro atoms. The number of hydrogen-bond donors (Lipinski definition) is 0. The Hall–Kier alpha value is -2.96. The summed E-state index contributed by atoms with van der Waals surface area (Å²) < 4.78 is 10.4. The lowest BCUT2D eigenvalue weighted by molar-refractivity contribution is -0.159. The van der Waals surface area contributed by atoms with Crippen LogP contribution in [0.3, 0.4) is 0 Å². The Morgan fingerprint density at radius 2 is 1.58 bits per heavy atom. The molecule has 7 heteroatoms. The molecule has 1 aliphatic heterocycles. The maximum atomic E-state index is 13.4. The Bertz CT molecular complexity index is 992. The van der Waals surface area contributed by atoms with Crippen LogP contribution >= 0.6 is 0 Å². The Balaban J connectivity index is 1.31. The summed E-state index contributed by atoms with van der Waals surface area (Å²) in [6.07, 6.45) is 5.61. The number of likely N-dealkylation sites (tertiary alicyclic amines) is 1. The molecule has 33 heavy (non-hydrogen) atoms. The van der Waals surface area contributed by atoms with Crippen LogP contribution in [0.5, 0.6) is 5.75 Å². The molecular formula is C26H29NO6. The van der Waals surface area contributed by atoms with Crippen LogP contribution in [0.15, 0.2) is 36.4 Å². The summed E-state index contributed by atoms with van der Waals surface area (Å²) in [5.41, 5.74) is 0.394. The number of allylic oxidation sites excluding steroid dienone is 2. The molecule has 3 fully saturated rings. The summed E-state index contributed by atoms with van der Waals surface area (Å²) in [7, 11) is 1.54. The Morgan fingerprint density at radius 1 is 1.00 bits per heavy atom. The Labute approximate surface area is 193 Å². The molecule has 174 valence electrons. The monoisotopic (exact) mass is 451 g/mol. The van der Waals surface area contributed by atoms with Crippen molar-refractivity contribution in [3.8, 4) is 5.75 Å². The summed E-state index contributed by atoms with van der Waals surface area (Å²) in [5, 5.41) is 0. The number of ketones is 1. The normalized spacial score (nSPS) is 31.9. The van der Waals surface area contributed by atoms with Gasteiger partial charge in [0.25, 0.3) is 0 Å². The molecular weight excluding hydrogens is 422 g/mol. The minimum atomic E-state index is -1.00. The molecule has 7 nitrogen and oxygen atoms in total. The van der Waals surface area contributed by atoms with E-state index in [-0.39, 0.29) is 47.2 Å². The van der Waals surface area contributed by atoms with Gasteiger partial charge in [-0.25, -0.2) is 4.79 Å². The van der Waals surface area contributed by atoms with Gasteiger partial charge in [0.2, 0.25) is 11.8 Å². The average Bonchev–Trinajstić information content (AvgIpc) is 3.59. The third-order valence-electron chi connectivity index (χ3n) is 7.73. The highest BCUT2D eigenvalue weighted by molar-refractivity contribution is 6.09. The van der Waals surface area contributed by atoms with Gasteiger partial charge in [-0.3, -0.25) is 19.3 Å². The molecule has 0 N–H and O–H groups in total. The Kier molecular flexibility index (Phi) is 5.38. The zero-order chi connectivity index (χ0) is 23.4. The number of ether oxygens (including phenoxy) is 2. The number of benzene rings is 1. The van der Waals surface area contributed by atoms with Crippen molar-refractivity contribution in [2.24, 2.45) is 41.4 Å². The van der Waals surface area contributed by atoms with Crippen LogP contribution in [0.4, 0.5) is 0 Å². The molecule has 1 aromatic rings. The van der Waals surface area contributed by atoms with E-state index in [4.69, 9.17) is 9.47 Å². The molecule has 2 bridgehead atoms. The number of nitrogens with zero attached hydrogens (tertiary/aromatic N) is 1. The van der Waals surface area contributed by atoms with Gasteiger partial charge in [0.1, 0.15) is 11.8 Å². The van der Waals surface area contributed by atoms with Crippen LogP contribution < -0.4 is 4.74 Å². The van der Waals surface area contributed by atoms with Gasteiger partial charge in [-0.05, 0) is 66.7 Å². The van der Waals surface area contributed by atoms with Crippen LogP contribution in [-0.4, -0.2) is 48.2 Å². The minimum absolute atomic E-state index is 0.0614. The first-order valence-electron chi connectivity index (χ1n) is 11.7. The zero-order valence-corrected chi connectivity index (χ0v) is 19.1. The zero-order valence-electron chi connectivity index (χ0n) is 19.1. The van der Waals surface area contributed by atoms with Gasteiger partial charge in [-0.15, -0.1) is 0 Å². The second-order valence-electron chi connectivity index (χ2n) is 10.1. The lowest BCUT2D eigenvalue weighted by Crippen LogP contribution is -2.47. The first-order valence-corrected chi connectivity index (χ1v) is 11.7. The molecule has 0 radical (unpaired) electrons. The quantitative estimate of drug-likeness (QED) is 0.261. The number of carbonyl (C=O) groups excluding carboxylic acids is 4. The molecule has 4 aliphatic carbocycles. The number of rotatable bonds is 8. The number of carbonyl (C=O) groups is 4. The first kappa shape index (κ1) is 21.9. The van der Waals surface area contributed by atoms with Crippen LogP contribution in [0.25, 0.3) is 0 Å². The summed E-state index contributed by atoms with van der Waals surface area (Å²) in [5.74, 6) is -0.415. The molecule has 0 aromatic heterocycles. The highest BCUT2D eigenvalue weighted by atomic mass is 16.5. The fourth-order valence-corrected chi connectivity index (χ4v) is 6.13. The minimum Gasteiger partial charge on any atom is -0.497 e. The number of amides is 2. The fourth-order valence-electron chi connectivity index (χ4n) is 6.13. The number of hydrogen-bond acceptors (Lipinski definition) is 6. The van der Waals surface area contributed by atoms with Crippen LogP contribution in [0.1, 0.15) is 37.0 Å². The summed E-state index contributed by atoms with van der Waals surface area (Å²) >= 11 is 0. The topological polar surface area (TPSA) is 90.0 Å². The van der Waals surface area contributed by atoms with Gasteiger partial charge in [-0.2, -0.15) is 0 Å². The smallest absolute Gasteiger partial charge is 0.329 e. The third kappa shape index (κ3) is 3.58. The molecule has 1 aromatic carbocycles. The predicted octanol–water partition coefficient (Wildman–Crippen LogP) is 2.89. The van der Waals surface area contributed by atoms with Gasteiger partial charge in [0.15, 0.2) is 12.4 Å². The highest BCUT2D eigenvalue weighted by Crippen LogP contribution is 2.65. The van der Waals surface area contributed by atoms with Gasteiger partial charge in [0.05, 0.1) is 18.9 Å². The Morgan fingerprint density at radius 3 is 2.09 bits per heavy atom. The number of imide groups is 1. The standard InChI is InChI=1S/C26H29NO6/c1-13(2)10-20(26(31)33-12-21(28)14-4-6-15(32-3)7-5-14)27-24(29)22-16-8-9-17(19-11-18(16)19)23(22)25(27)30/h4-9,13,16-20,22-23H,10-12H2,1-3H3/t16-,17-,18-,19-,20-,22-,23+/m0/s1. The van der Waals surface area contributed by atoms with Crippen LogP contribution in [0.2, 0.25) is 0 Å². The maximum absolute atomic E-state index is 13.4. The van der Waals surface area contributed by atoms with E-state index in [1.54, 1.807) is 24.3 Å². The fraction of sp³-hybridized carbons (Fsp3) is 0.538. The van der Waals surface area contributed by atoms with E-state index < -0.39 is 18.6 Å². The van der Waals surface area contributed by atoms with Crippen molar-refractivity contribution >= 4 is 23.6 Å². The molecule has 6 rings (SSSR count). The van der Waals surface area contributed by atoms with E-state index in [0.717, 1.165) is 6.42 Å². The van der Waals surface area contributed by atoms with Crippen LogP contribution in [-0.2, 0) is 19.1 Å². The van der Waals surface area contributed by atoms with Crippen molar-refractivity contribution in [2.45, 2.75) is 32.7 Å². The number of Topliss-reactive ketones (excluding diaryl/α,β-unsaturated/α-hetero) is 1. The second kappa shape index (κ2) is 8.12. The molecule has 2 saturated carbocycles. The average molecular weight is 452 g/mol. The molecule has 1 saturated heterocycles. The molecule has 7 atom stereocenters. The van der Waals surface area contributed by atoms with Gasteiger partial charge in [-0.1, -0.05) is 26.0 Å². The highest BCUT2D eigenvalue weighted by Gasteiger charge is 2.68. The predicted molar refractivity (Wildman–Crippen MR) is 118 cm³/mol. The molecule has 1 heterocycles. The second-order valence-corrected chi connectivity index (χ2v) is 10.1. The van der Waals surface area contributed by atoms with Crippen molar-refractivity contribution < 1.29 is 28.7 Å². The van der Waals surface area contributed by atoms with Gasteiger partial charge >= 0.3 is 5.97 Å². The summed E-state index contributed by atoms with van der Waals surface area (Å²) in [6, 6.07) is 5.52. The lowest BCUT2D eigenvalue weighted by Gasteiger charge is -2.37. The largest absolute Gasteiger partial charge is 0.497 e. The van der Waals surface area contributed by atoms with E-state index in [1.807, 2.05) is 13.8 Å². The van der Waals surface area contributed by atoms with E-state index >= 15 is 0 Å². The summed E-state index contributed by atoms with van der Waals surface area (Å²) in [4.78, 5) is 53.7. The van der Waals surface area contributed by atoms with E-state index in [2.05, 4.69) is 12.2 Å². The van der Waals surface area contributed by atoms with E-state index in [9.17, 15) is 19.2 Å². The van der Waals surface area contributed by atoms with Gasteiger partial charge in [0, 0.05) is 5.56 Å². The SMILES string of the molecule is COc1ccc(C(=O)COC(=O)[C@H](CC(C)C)N2C(=O)[C@@H]3[C@H]4C=C[C@@H]([C@@H]5C[C@@H]45)[C@@H]3C2=O)cc1. The molecule has 5 aliphatic rings. The molecule has 0 unspecified atom stereocenters. The lowest BCUT2D eigenvalue weighted by atomic mass is 9.63. The number of methoxy groups -OCH3 is 1. The van der Waals surface area contributed by atoms with Crippen molar-refractivity contribution in [2.75, 3.05) is 13.7 Å². The van der Waals surface area contributed by atoms with Crippen LogP contribution in [0, 0.1) is 41.4 Å². The van der Waals surface area contributed by atoms with Gasteiger partial charge < -0.3 is 9.47 Å². The summed E-state index contributed by atoms with van der Waals surface area (Å²) in [6.45, 7) is 3.42. The van der Waals surface area contributed by atoms with Crippen molar-refractivity contribution in [1.29, 1.82) is 0 Å². The first-order chi connectivity index (χ1) is 15.8.